The zero-order valence-corrected chi connectivity index (χ0v) is 13.8. The van der Waals surface area contributed by atoms with Gasteiger partial charge in [-0.15, -0.1) is 0 Å². The fourth-order valence-electron chi connectivity index (χ4n) is 4.39. The van der Waals surface area contributed by atoms with Crippen LogP contribution in [-0.2, 0) is 6.54 Å². The Kier molecular flexibility index (Phi) is 3.51. The third kappa shape index (κ3) is 2.59. The Morgan fingerprint density at radius 3 is 2.54 bits per heavy atom. The van der Waals surface area contributed by atoms with E-state index >= 15 is 0 Å². The van der Waals surface area contributed by atoms with Crippen LogP contribution in [0.3, 0.4) is 0 Å². The molecule has 2 aromatic heterocycles. The summed E-state index contributed by atoms with van der Waals surface area (Å²) in [5, 5.41) is 0. The lowest BCUT2D eigenvalue weighted by Gasteiger charge is -2.26. The molecule has 4 heterocycles. The van der Waals surface area contributed by atoms with Crippen LogP contribution in [0.4, 0.5) is 5.82 Å². The largest absolute Gasteiger partial charge is 0.448 e. The molecule has 2 aromatic rings. The van der Waals surface area contributed by atoms with Crippen molar-refractivity contribution in [2.45, 2.75) is 31.7 Å². The summed E-state index contributed by atoms with van der Waals surface area (Å²) in [6.07, 6.45) is 9.06. The molecule has 24 heavy (non-hydrogen) atoms. The van der Waals surface area contributed by atoms with Crippen molar-refractivity contribution in [3.05, 3.63) is 36.4 Å². The lowest BCUT2D eigenvalue weighted by molar-refractivity contribution is 0.274. The van der Waals surface area contributed by atoms with Crippen molar-refractivity contribution in [1.29, 1.82) is 0 Å². The first kappa shape index (κ1) is 14.4. The molecule has 2 aliphatic heterocycles. The number of anilines is 1. The van der Waals surface area contributed by atoms with Gasteiger partial charge < -0.3 is 9.32 Å². The fraction of sp³-hybridized carbons (Fsp3) is 0.611. The summed E-state index contributed by atoms with van der Waals surface area (Å²) in [5.74, 6) is 4.07. The SMILES string of the molecule is c1nc(C2CCC2)cc(N2CC3CN(Cc4ncco4)CC3C2)n1. The standard InChI is InChI=1S/C18H23N5O/c1-2-13(3-1)16-6-17(21-12-20-16)23-9-14-7-22(8-15(14)10-23)11-18-19-4-5-24-18/h4-6,12-15H,1-3,7-11H2. The second-order valence-corrected chi connectivity index (χ2v) is 7.47. The molecule has 0 bridgehead atoms. The molecule has 6 nitrogen and oxygen atoms in total. The first-order valence-electron chi connectivity index (χ1n) is 9.03. The first-order chi connectivity index (χ1) is 11.8. The van der Waals surface area contributed by atoms with E-state index < -0.39 is 0 Å². The lowest BCUT2D eigenvalue weighted by atomic mass is 9.83. The van der Waals surface area contributed by atoms with Crippen LogP contribution in [0.15, 0.2) is 29.3 Å². The maximum Gasteiger partial charge on any atom is 0.208 e. The van der Waals surface area contributed by atoms with Crippen LogP contribution in [0.2, 0.25) is 0 Å². The molecule has 6 heteroatoms. The molecule has 2 atom stereocenters. The fourth-order valence-corrected chi connectivity index (χ4v) is 4.39. The molecule has 1 aliphatic carbocycles. The van der Waals surface area contributed by atoms with E-state index in [0.717, 1.165) is 56.3 Å². The topological polar surface area (TPSA) is 58.3 Å². The van der Waals surface area contributed by atoms with Gasteiger partial charge in [-0.3, -0.25) is 4.90 Å². The second-order valence-electron chi connectivity index (χ2n) is 7.47. The lowest BCUT2D eigenvalue weighted by Crippen LogP contribution is -2.29. The predicted octanol–water partition coefficient (Wildman–Crippen LogP) is 2.30. The summed E-state index contributed by atoms with van der Waals surface area (Å²) < 4.78 is 5.38. The number of fused-ring (bicyclic) bond motifs is 1. The average Bonchev–Trinajstić information content (AvgIpc) is 3.22. The van der Waals surface area contributed by atoms with Crippen LogP contribution >= 0.6 is 0 Å². The van der Waals surface area contributed by atoms with E-state index in [2.05, 4.69) is 30.8 Å². The Morgan fingerprint density at radius 1 is 1.04 bits per heavy atom. The molecule has 0 N–H and O–H groups in total. The highest BCUT2D eigenvalue weighted by molar-refractivity contribution is 5.42. The zero-order valence-electron chi connectivity index (χ0n) is 13.8. The molecule has 126 valence electrons. The second kappa shape index (κ2) is 5.84. The smallest absolute Gasteiger partial charge is 0.208 e. The summed E-state index contributed by atoms with van der Waals surface area (Å²) in [7, 11) is 0. The number of nitrogens with zero attached hydrogens (tertiary/aromatic N) is 5. The molecule has 2 saturated heterocycles. The van der Waals surface area contributed by atoms with Gasteiger partial charge >= 0.3 is 0 Å². The van der Waals surface area contributed by atoms with Gasteiger partial charge in [-0.05, 0) is 24.7 Å². The van der Waals surface area contributed by atoms with Gasteiger partial charge in [-0.25, -0.2) is 15.0 Å². The first-order valence-corrected chi connectivity index (χ1v) is 9.03. The van der Waals surface area contributed by atoms with E-state index in [0.29, 0.717) is 5.92 Å². The van der Waals surface area contributed by atoms with Crippen LogP contribution < -0.4 is 4.90 Å². The van der Waals surface area contributed by atoms with E-state index in [1.54, 1.807) is 18.8 Å². The van der Waals surface area contributed by atoms with E-state index in [-0.39, 0.29) is 0 Å². The van der Waals surface area contributed by atoms with Gasteiger partial charge in [0.15, 0.2) is 0 Å². The van der Waals surface area contributed by atoms with Crippen LogP contribution in [0.5, 0.6) is 0 Å². The molecular weight excluding hydrogens is 302 g/mol. The van der Waals surface area contributed by atoms with Gasteiger partial charge in [0, 0.05) is 43.9 Å². The Balaban J connectivity index is 1.23. The third-order valence-electron chi connectivity index (χ3n) is 5.93. The van der Waals surface area contributed by atoms with Crippen LogP contribution in [0.1, 0.15) is 36.8 Å². The quantitative estimate of drug-likeness (QED) is 0.860. The summed E-state index contributed by atoms with van der Waals surface area (Å²) in [6, 6.07) is 2.23. The number of hydrogen-bond donors (Lipinski definition) is 0. The number of oxazole rings is 1. The molecule has 0 radical (unpaired) electrons. The minimum absolute atomic E-state index is 0.671. The molecule has 3 fully saturated rings. The highest BCUT2D eigenvalue weighted by Crippen LogP contribution is 2.37. The predicted molar refractivity (Wildman–Crippen MR) is 89.6 cm³/mol. The maximum absolute atomic E-state index is 5.38. The van der Waals surface area contributed by atoms with Gasteiger partial charge in [0.2, 0.25) is 5.89 Å². The summed E-state index contributed by atoms with van der Waals surface area (Å²) in [6.45, 7) is 5.30. The molecule has 0 aromatic carbocycles. The number of rotatable bonds is 4. The van der Waals surface area contributed by atoms with Crippen molar-refractivity contribution >= 4 is 5.82 Å². The van der Waals surface area contributed by atoms with Gasteiger partial charge in [-0.2, -0.15) is 0 Å². The zero-order chi connectivity index (χ0) is 15.9. The Morgan fingerprint density at radius 2 is 1.88 bits per heavy atom. The normalized spacial score (nSPS) is 27.4. The summed E-state index contributed by atoms with van der Waals surface area (Å²) in [4.78, 5) is 18.2. The highest BCUT2D eigenvalue weighted by atomic mass is 16.3. The van der Waals surface area contributed by atoms with E-state index in [4.69, 9.17) is 4.42 Å². The molecule has 0 amide bonds. The van der Waals surface area contributed by atoms with Gasteiger partial charge in [0.05, 0.1) is 12.7 Å². The van der Waals surface area contributed by atoms with Gasteiger partial charge in [0.25, 0.3) is 0 Å². The molecular formula is C18H23N5O. The van der Waals surface area contributed by atoms with E-state index in [9.17, 15) is 0 Å². The summed E-state index contributed by atoms with van der Waals surface area (Å²) >= 11 is 0. The molecule has 3 aliphatic rings. The van der Waals surface area contributed by atoms with Crippen LogP contribution in [0, 0.1) is 11.8 Å². The molecule has 2 unspecified atom stereocenters. The van der Waals surface area contributed by atoms with Crippen molar-refractivity contribution in [1.82, 2.24) is 19.9 Å². The third-order valence-corrected chi connectivity index (χ3v) is 5.93. The van der Waals surface area contributed by atoms with Crippen molar-refractivity contribution in [3.8, 4) is 0 Å². The highest BCUT2D eigenvalue weighted by Gasteiger charge is 2.40. The number of likely N-dealkylation sites (tertiary alicyclic amines) is 1. The number of aromatic nitrogens is 3. The Hall–Kier alpha value is -1.95. The summed E-state index contributed by atoms with van der Waals surface area (Å²) in [5.41, 5.74) is 1.24. The monoisotopic (exact) mass is 325 g/mol. The Labute approximate surface area is 141 Å². The van der Waals surface area contributed by atoms with Gasteiger partial charge in [-0.1, -0.05) is 6.42 Å². The maximum atomic E-state index is 5.38. The van der Waals surface area contributed by atoms with E-state index in [1.165, 1.54) is 25.0 Å². The van der Waals surface area contributed by atoms with Crippen molar-refractivity contribution in [2.24, 2.45) is 11.8 Å². The minimum atomic E-state index is 0.671. The molecule has 5 rings (SSSR count). The van der Waals surface area contributed by atoms with Crippen LogP contribution in [-0.4, -0.2) is 46.0 Å². The Bertz CT molecular complexity index is 685. The number of hydrogen-bond acceptors (Lipinski definition) is 6. The van der Waals surface area contributed by atoms with Gasteiger partial charge in [0.1, 0.15) is 18.4 Å². The average molecular weight is 325 g/mol. The van der Waals surface area contributed by atoms with Crippen LogP contribution in [0.25, 0.3) is 0 Å². The van der Waals surface area contributed by atoms with Crippen molar-refractivity contribution in [2.75, 3.05) is 31.1 Å². The molecule has 0 spiro atoms. The molecule has 1 saturated carbocycles. The minimum Gasteiger partial charge on any atom is -0.448 e. The van der Waals surface area contributed by atoms with Crippen molar-refractivity contribution < 1.29 is 4.42 Å². The van der Waals surface area contributed by atoms with Crippen molar-refractivity contribution in [3.63, 3.8) is 0 Å². The van der Waals surface area contributed by atoms with E-state index in [1.807, 2.05) is 0 Å².